The zero-order chi connectivity index (χ0) is 23.3. The first-order chi connectivity index (χ1) is 15.3. The monoisotopic (exact) mass is 455 g/mol. The molecule has 0 aliphatic rings. The summed E-state index contributed by atoms with van der Waals surface area (Å²) in [5.41, 5.74) is 0.664. The van der Waals surface area contributed by atoms with Gasteiger partial charge in [-0.15, -0.1) is 0 Å². The van der Waals surface area contributed by atoms with Crippen molar-refractivity contribution in [3.05, 3.63) is 68.9 Å². The summed E-state index contributed by atoms with van der Waals surface area (Å²) in [6.07, 6.45) is 0.251. The highest BCUT2D eigenvalue weighted by molar-refractivity contribution is 6.30. The number of hydrogen-bond acceptors (Lipinski definition) is 7. The second kappa shape index (κ2) is 9.80. The van der Waals surface area contributed by atoms with E-state index in [1.54, 1.807) is 17.7 Å². The van der Waals surface area contributed by atoms with Crippen LogP contribution in [-0.2, 0) is 6.54 Å². The summed E-state index contributed by atoms with van der Waals surface area (Å²) in [6.45, 7) is 2.12. The van der Waals surface area contributed by atoms with Crippen molar-refractivity contribution in [2.75, 3.05) is 12.4 Å². The number of methoxy groups -OCH3 is 1. The van der Waals surface area contributed by atoms with Crippen molar-refractivity contribution in [2.24, 2.45) is 0 Å². The van der Waals surface area contributed by atoms with E-state index in [0.717, 1.165) is 0 Å². The van der Waals surface area contributed by atoms with Crippen LogP contribution in [0.4, 0.5) is 11.5 Å². The number of carbonyl (C=O) groups excluding carboxylic acids is 1. The predicted octanol–water partition coefficient (Wildman–Crippen LogP) is 4.72. The van der Waals surface area contributed by atoms with Crippen molar-refractivity contribution in [3.63, 3.8) is 0 Å². The molecular formula is C21H18ClN5O5. The molecular weight excluding hydrogens is 438 g/mol. The number of carbonyl (C=O) groups is 1. The van der Waals surface area contributed by atoms with E-state index in [9.17, 15) is 14.9 Å². The van der Waals surface area contributed by atoms with Gasteiger partial charge in [0.15, 0.2) is 11.5 Å². The normalized spacial score (nSPS) is 10.3. The number of benzene rings is 2. The van der Waals surface area contributed by atoms with Crippen LogP contribution < -0.4 is 14.8 Å². The number of ether oxygens (including phenoxy) is 2. The highest BCUT2D eigenvalue weighted by Gasteiger charge is 2.19. The van der Waals surface area contributed by atoms with E-state index in [-0.39, 0.29) is 39.9 Å². The van der Waals surface area contributed by atoms with Gasteiger partial charge >= 0.3 is 5.69 Å². The highest BCUT2D eigenvalue weighted by Crippen LogP contribution is 2.38. The van der Waals surface area contributed by atoms with Crippen LogP contribution in [0.3, 0.4) is 0 Å². The number of aryl methyl sites for hydroxylation is 2. The fourth-order valence-electron chi connectivity index (χ4n) is 2.89. The van der Waals surface area contributed by atoms with Gasteiger partial charge in [-0.25, -0.2) is 4.68 Å². The Bertz CT molecular complexity index is 1220. The van der Waals surface area contributed by atoms with Gasteiger partial charge in [-0.1, -0.05) is 11.6 Å². The number of nitriles is 1. The molecule has 0 spiro atoms. The third-order valence-corrected chi connectivity index (χ3v) is 4.58. The molecule has 32 heavy (non-hydrogen) atoms. The Morgan fingerprint density at radius 3 is 2.69 bits per heavy atom. The first-order valence-electron chi connectivity index (χ1n) is 9.35. The van der Waals surface area contributed by atoms with Crippen LogP contribution in [0.1, 0.15) is 22.5 Å². The summed E-state index contributed by atoms with van der Waals surface area (Å²) in [7, 11) is 1.39. The zero-order valence-electron chi connectivity index (χ0n) is 17.2. The number of rotatable bonds is 8. The Labute approximate surface area is 188 Å². The molecule has 1 amide bonds. The summed E-state index contributed by atoms with van der Waals surface area (Å²) in [4.78, 5) is 23.4. The lowest BCUT2D eigenvalue weighted by atomic mass is 10.2. The van der Waals surface area contributed by atoms with Gasteiger partial charge in [-0.05, 0) is 37.3 Å². The Balaban J connectivity index is 1.84. The molecule has 0 bridgehead atoms. The van der Waals surface area contributed by atoms with Crippen molar-refractivity contribution in [3.8, 4) is 23.3 Å². The van der Waals surface area contributed by atoms with Crippen molar-refractivity contribution in [2.45, 2.75) is 19.9 Å². The van der Waals surface area contributed by atoms with Crippen LogP contribution in [0, 0.1) is 28.4 Å². The predicted molar refractivity (Wildman–Crippen MR) is 116 cm³/mol. The van der Waals surface area contributed by atoms with Crippen molar-refractivity contribution in [1.29, 1.82) is 5.26 Å². The number of nitrogens with zero attached hydrogens (tertiary/aromatic N) is 4. The van der Waals surface area contributed by atoms with Crippen LogP contribution in [0.25, 0.3) is 0 Å². The summed E-state index contributed by atoms with van der Waals surface area (Å²) >= 11 is 5.83. The van der Waals surface area contributed by atoms with Crippen molar-refractivity contribution >= 4 is 29.0 Å². The number of halogens is 1. The average Bonchev–Trinajstić information content (AvgIpc) is 3.12. The maximum atomic E-state index is 12.8. The molecule has 0 aliphatic carbocycles. The van der Waals surface area contributed by atoms with Crippen LogP contribution in [0.15, 0.2) is 42.5 Å². The van der Waals surface area contributed by atoms with Crippen LogP contribution in [0.5, 0.6) is 17.2 Å². The maximum Gasteiger partial charge on any atom is 0.313 e. The molecule has 0 unspecified atom stereocenters. The first kappa shape index (κ1) is 22.6. The van der Waals surface area contributed by atoms with E-state index >= 15 is 0 Å². The zero-order valence-corrected chi connectivity index (χ0v) is 17.9. The van der Waals surface area contributed by atoms with Crippen molar-refractivity contribution in [1.82, 2.24) is 9.78 Å². The van der Waals surface area contributed by atoms with E-state index < -0.39 is 10.8 Å². The van der Waals surface area contributed by atoms with Crippen LogP contribution in [-0.4, -0.2) is 27.7 Å². The summed E-state index contributed by atoms with van der Waals surface area (Å²) in [5, 5.41) is 27.3. The highest BCUT2D eigenvalue weighted by atomic mass is 35.5. The SMILES string of the molecule is COc1cc(C(=O)Nc2cc(C)nn2CCC#N)ccc1Oc1ccc(Cl)cc1[N+](=O)[O-]. The smallest absolute Gasteiger partial charge is 0.313 e. The molecule has 0 aliphatic heterocycles. The standard InChI is InChI=1S/C21H18ClN5O5/c1-13-10-20(26(25-13)9-3-8-23)24-21(28)14-4-6-18(19(11-14)31-2)32-17-7-5-15(22)12-16(17)27(29)30/h4-7,10-12H,3,9H2,1-2H3,(H,24,28). The van der Waals surface area contributed by atoms with E-state index in [1.807, 2.05) is 6.07 Å². The maximum absolute atomic E-state index is 12.8. The molecule has 1 N–H and O–H groups in total. The number of amides is 1. The minimum absolute atomic E-state index is 0.0215. The largest absolute Gasteiger partial charge is 0.493 e. The summed E-state index contributed by atoms with van der Waals surface area (Å²) < 4.78 is 12.5. The molecule has 10 nitrogen and oxygen atoms in total. The van der Waals surface area contributed by atoms with Crippen LogP contribution in [0.2, 0.25) is 5.02 Å². The Kier molecular flexibility index (Phi) is 6.92. The van der Waals surface area contributed by atoms with E-state index in [4.69, 9.17) is 26.3 Å². The molecule has 1 aromatic heterocycles. The van der Waals surface area contributed by atoms with Gasteiger partial charge < -0.3 is 14.8 Å². The number of nitrogens with one attached hydrogen (secondary N) is 1. The Hall–Kier alpha value is -4.10. The third kappa shape index (κ3) is 5.14. The summed E-state index contributed by atoms with van der Waals surface area (Å²) in [5.74, 6) is 0.400. The van der Waals surface area contributed by atoms with Gasteiger partial charge in [-0.2, -0.15) is 10.4 Å². The lowest BCUT2D eigenvalue weighted by Gasteiger charge is -2.13. The molecule has 164 valence electrons. The van der Waals surface area contributed by atoms with E-state index in [2.05, 4.69) is 10.4 Å². The lowest BCUT2D eigenvalue weighted by Crippen LogP contribution is -2.16. The van der Waals surface area contributed by atoms with Crippen molar-refractivity contribution < 1.29 is 19.2 Å². The molecule has 2 aromatic carbocycles. The molecule has 0 fully saturated rings. The minimum Gasteiger partial charge on any atom is -0.493 e. The molecule has 0 saturated heterocycles. The van der Waals surface area contributed by atoms with Gasteiger partial charge in [0.25, 0.3) is 5.91 Å². The minimum atomic E-state index is -0.604. The molecule has 0 atom stereocenters. The fourth-order valence-corrected chi connectivity index (χ4v) is 3.06. The van der Waals surface area contributed by atoms with Crippen LogP contribution >= 0.6 is 11.6 Å². The van der Waals surface area contributed by atoms with Gasteiger partial charge in [0, 0.05) is 22.7 Å². The topological polar surface area (TPSA) is 132 Å². The first-order valence-corrected chi connectivity index (χ1v) is 9.72. The van der Waals surface area contributed by atoms with Gasteiger partial charge in [0.2, 0.25) is 5.75 Å². The van der Waals surface area contributed by atoms with E-state index in [1.165, 1.54) is 43.5 Å². The lowest BCUT2D eigenvalue weighted by molar-refractivity contribution is -0.385. The van der Waals surface area contributed by atoms with Gasteiger partial charge in [-0.3, -0.25) is 14.9 Å². The number of anilines is 1. The average molecular weight is 456 g/mol. The van der Waals surface area contributed by atoms with Gasteiger partial charge in [0.05, 0.1) is 36.8 Å². The Morgan fingerprint density at radius 1 is 1.25 bits per heavy atom. The Morgan fingerprint density at radius 2 is 2.00 bits per heavy atom. The number of aromatic nitrogens is 2. The quantitative estimate of drug-likeness (QED) is 0.383. The number of hydrogen-bond donors (Lipinski definition) is 1. The van der Waals surface area contributed by atoms with E-state index in [0.29, 0.717) is 18.1 Å². The third-order valence-electron chi connectivity index (χ3n) is 4.34. The second-order valence-electron chi connectivity index (χ2n) is 6.59. The molecule has 0 saturated carbocycles. The summed E-state index contributed by atoms with van der Waals surface area (Å²) in [6, 6.07) is 12.2. The molecule has 1 heterocycles. The molecule has 3 aromatic rings. The fraction of sp³-hybridized carbons (Fsp3) is 0.190. The molecule has 0 radical (unpaired) electrons. The molecule has 3 rings (SSSR count). The second-order valence-corrected chi connectivity index (χ2v) is 7.03. The number of nitro benzene ring substituents is 1. The number of nitro groups is 1. The molecule has 11 heteroatoms. The van der Waals surface area contributed by atoms with Gasteiger partial charge in [0.1, 0.15) is 5.82 Å².